The Hall–Kier alpha value is -0.780. The molecule has 1 aromatic rings. The van der Waals surface area contributed by atoms with Gasteiger partial charge in [0.25, 0.3) is 0 Å². The molecule has 0 spiro atoms. The maximum absolute atomic E-state index is 9.22. The summed E-state index contributed by atoms with van der Waals surface area (Å²) in [5.74, 6) is 1.48. The van der Waals surface area contributed by atoms with Gasteiger partial charge in [-0.25, -0.2) is 0 Å². The fourth-order valence-electron chi connectivity index (χ4n) is 1.70. The van der Waals surface area contributed by atoms with E-state index in [1.807, 2.05) is 26.0 Å². The fourth-order valence-corrected chi connectivity index (χ4v) is 2.30. The molecule has 4 nitrogen and oxygen atoms in total. The molecule has 0 bridgehead atoms. The molecule has 0 radical (unpaired) electrons. The van der Waals surface area contributed by atoms with Crippen molar-refractivity contribution in [1.82, 2.24) is 5.32 Å². The first-order valence-corrected chi connectivity index (χ1v) is 7.34. The predicted molar refractivity (Wildman–Crippen MR) is 79.9 cm³/mol. The molecule has 19 heavy (non-hydrogen) atoms. The highest BCUT2D eigenvalue weighted by atomic mass is 79.9. The van der Waals surface area contributed by atoms with Crippen LogP contribution < -0.4 is 14.8 Å². The first-order chi connectivity index (χ1) is 9.08. The first-order valence-electron chi connectivity index (χ1n) is 6.55. The molecule has 0 saturated carbocycles. The normalized spacial score (nSPS) is 12.3. The van der Waals surface area contributed by atoms with Crippen molar-refractivity contribution in [2.75, 3.05) is 19.8 Å². The maximum Gasteiger partial charge on any atom is 0.175 e. The van der Waals surface area contributed by atoms with Gasteiger partial charge in [-0.15, -0.1) is 0 Å². The van der Waals surface area contributed by atoms with Crippen LogP contribution in [0, 0.1) is 0 Å². The van der Waals surface area contributed by atoms with Gasteiger partial charge in [-0.1, -0.05) is 0 Å². The number of hydrogen-bond donors (Lipinski definition) is 2. The summed E-state index contributed by atoms with van der Waals surface area (Å²) in [5.41, 5.74) is 1.08. The Morgan fingerprint density at radius 1 is 1.26 bits per heavy atom. The monoisotopic (exact) mass is 331 g/mol. The summed E-state index contributed by atoms with van der Waals surface area (Å²) in [4.78, 5) is 0. The van der Waals surface area contributed by atoms with Crippen molar-refractivity contribution >= 4 is 15.9 Å². The molecular formula is C14H22BrNO3. The van der Waals surface area contributed by atoms with E-state index in [0.717, 1.165) is 21.5 Å². The number of hydrogen-bond acceptors (Lipinski definition) is 4. The van der Waals surface area contributed by atoms with Gasteiger partial charge in [0, 0.05) is 13.1 Å². The molecule has 1 rings (SSSR count). The van der Waals surface area contributed by atoms with E-state index in [9.17, 15) is 5.11 Å². The van der Waals surface area contributed by atoms with Crippen LogP contribution in [0.1, 0.15) is 26.3 Å². The molecule has 1 atom stereocenters. The topological polar surface area (TPSA) is 50.7 Å². The molecule has 1 aromatic carbocycles. The predicted octanol–water partition coefficient (Wildman–Crippen LogP) is 2.72. The second-order valence-electron chi connectivity index (χ2n) is 4.25. The number of halogens is 1. The molecule has 0 unspecified atom stereocenters. The third-order valence-electron chi connectivity index (χ3n) is 2.43. The highest BCUT2D eigenvalue weighted by Crippen LogP contribution is 2.36. The van der Waals surface area contributed by atoms with E-state index in [1.165, 1.54) is 0 Å². The van der Waals surface area contributed by atoms with Crippen LogP contribution >= 0.6 is 15.9 Å². The lowest BCUT2D eigenvalue weighted by Crippen LogP contribution is -2.23. The van der Waals surface area contributed by atoms with Gasteiger partial charge < -0.3 is 19.9 Å². The molecule has 0 aliphatic heterocycles. The van der Waals surface area contributed by atoms with Crippen molar-refractivity contribution in [3.05, 3.63) is 22.2 Å². The average molecular weight is 332 g/mol. The van der Waals surface area contributed by atoms with Crippen molar-refractivity contribution in [2.45, 2.75) is 33.4 Å². The molecule has 0 aromatic heterocycles. The van der Waals surface area contributed by atoms with E-state index in [-0.39, 0.29) is 6.10 Å². The van der Waals surface area contributed by atoms with Crippen LogP contribution in [0.2, 0.25) is 0 Å². The molecule has 108 valence electrons. The Labute approximate surface area is 123 Å². The van der Waals surface area contributed by atoms with Crippen LogP contribution in [0.3, 0.4) is 0 Å². The van der Waals surface area contributed by atoms with E-state index in [4.69, 9.17) is 9.47 Å². The summed E-state index contributed by atoms with van der Waals surface area (Å²) in [5, 5.41) is 12.4. The van der Waals surface area contributed by atoms with Crippen LogP contribution in [0.4, 0.5) is 0 Å². The summed E-state index contributed by atoms with van der Waals surface area (Å²) in [6.45, 7) is 8.08. The summed E-state index contributed by atoms with van der Waals surface area (Å²) in [6.07, 6.45) is -0.350. The van der Waals surface area contributed by atoms with E-state index >= 15 is 0 Å². The van der Waals surface area contributed by atoms with E-state index in [0.29, 0.717) is 26.3 Å². The summed E-state index contributed by atoms with van der Waals surface area (Å²) < 4.78 is 12.1. The summed E-state index contributed by atoms with van der Waals surface area (Å²) in [7, 11) is 0. The number of rotatable bonds is 8. The van der Waals surface area contributed by atoms with Crippen molar-refractivity contribution in [1.29, 1.82) is 0 Å². The highest BCUT2D eigenvalue weighted by molar-refractivity contribution is 9.10. The van der Waals surface area contributed by atoms with Gasteiger partial charge in [-0.3, -0.25) is 0 Å². The summed E-state index contributed by atoms with van der Waals surface area (Å²) >= 11 is 3.51. The Balaban J connectivity index is 2.83. The minimum Gasteiger partial charge on any atom is -0.490 e. The van der Waals surface area contributed by atoms with Crippen molar-refractivity contribution in [2.24, 2.45) is 0 Å². The molecule has 0 heterocycles. The Bertz CT molecular complexity index is 397. The Morgan fingerprint density at radius 2 is 1.95 bits per heavy atom. The SMILES string of the molecule is CCOc1cc(CNC[C@H](C)O)cc(Br)c1OCC. The van der Waals surface area contributed by atoms with Gasteiger partial charge in [0.1, 0.15) is 0 Å². The van der Waals surface area contributed by atoms with Crippen LogP contribution in [-0.2, 0) is 6.54 Å². The quantitative estimate of drug-likeness (QED) is 0.769. The zero-order valence-electron chi connectivity index (χ0n) is 11.7. The molecule has 0 saturated heterocycles. The van der Waals surface area contributed by atoms with Crippen LogP contribution in [0.25, 0.3) is 0 Å². The second kappa shape index (κ2) is 8.40. The maximum atomic E-state index is 9.22. The summed E-state index contributed by atoms with van der Waals surface area (Å²) in [6, 6.07) is 3.97. The van der Waals surface area contributed by atoms with Gasteiger partial charge in [0.15, 0.2) is 11.5 Å². The fraction of sp³-hybridized carbons (Fsp3) is 0.571. The van der Waals surface area contributed by atoms with Crippen LogP contribution in [-0.4, -0.2) is 31.0 Å². The van der Waals surface area contributed by atoms with Gasteiger partial charge in [0.05, 0.1) is 23.8 Å². The zero-order chi connectivity index (χ0) is 14.3. The van der Waals surface area contributed by atoms with Crippen molar-refractivity contribution in [3.63, 3.8) is 0 Å². The number of nitrogens with one attached hydrogen (secondary N) is 1. The van der Waals surface area contributed by atoms with E-state index < -0.39 is 0 Å². The lowest BCUT2D eigenvalue weighted by atomic mass is 10.2. The smallest absolute Gasteiger partial charge is 0.175 e. The largest absolute Gasteiger partial charge is 0.490 e. The minimum atomic E-state index is -0.350. The van der Waals surface area contributed by atoms with Crippen molar-refractivity contribution < 1.29 is 14.6 Å². The number of aliphatic hydroxyl groups excluding tert-OH is 1. The third-order valence-corrected chi connectivity index (χ3v) is 3.02. The molecule has 0 aliphatic carbocycles. The molecule has 0 aliphatic rings. The number of aliphatic hydroxyl groups is 1. The molecule has 5 heteroatoms. The highest BCUT2D eigenvalue weighted by Gasteiger charge is 2.11. The van der Waals surface area contributed by atoms with E-state index in [1.54, 1.807) is 6.92 Å². The third kappa shape index (κ3) is 5.38. The minimum absolute atomic E-state index is 0.350. The van der Waals surface area contributed by atoms with Gasteiger partial charge in [-0.2, -0.15) is 0 Å². The van der Waals surface area contributed by atoms with E-state index in [2.05, 4.69) is 21.2 Å². The van der Waals surface area contributed by atoms with Gasteiger partial charge in [-0.05, 0) is 54.4 Å². The van der Waals surface area contributed by atoms with Crippen LogP contribution in [0.15, 0.2) is 16.6 Å². The Kier molecular flexibility index (Phi) is 7.20. The lowest BCUT2D eigenvalue weighted by molar-refractivity contribution is 0.191. The van der Waals surface area contributed by atoms with Gasteiger partial charge in [0.2, 0.25) is 0 Å². The first kappa shape index (κ1) is 16.3. The second-order valence-corrected chi connectivity index (χ2v) is 5.11. The number of ether oxygens (including phenoxy) is 2. The Morgan fingerprint density at radius 3 is 2.53 bits per heavy atom. The molecular weight excluding hydrogens is 310 g/mol. The van der Waals surface area contributed by atoms with Crippen LogP contribution in [0.5, 0.6) is 11.5 Å². The standard InChI is InChI=1S/C14H22BrNO3/c1-4-18-13-7-11(9-16-8-10(3)17)6-12(15)14(13)19-5-2/h6-7,10,16-17H,4-5,8-9H2,1-3H3/t10-/m0/s1. The van der Waals surface area contributed by atoms with Gasteiger partial charge >= 0.3 is 0 Å². The molecule has 0 amide bonds. The molecule has 2 N–H and O–H groups in total. The van der Waals surface area contributed by atoms with Crippen molar-refractivity contribution in [3.8, 4) is 11.5 Å². The number of benzene rings is 1. The lowest BCUT2D eigenvalue weighted by Gasteiger charge is -2.15. The zero-order valence-corrected chi connectivity index (χ0v) is 13.3. The molecule has 0 fully saturated rings. The average Bonchev–Trinajstić information content (AvgIpc) is 2.33.